The van der Waals surface area contributed by atoms with Gasteiger partial charge >= 0.3 is 0 Å². The number of nitrogens with zero attached hydrogens (tertiary/aromatic N) is 1. The van der Waals surface area contributed by atoms with E-state index in [1.807, 2.05) is 38.4 Å². The zero-order valence-corrected chi connectivity index (χ0v) is 15.9. The molecule has 0 saturated carbocycles. The van der Waals surface area contributed by atoms with E-state index in [9.17, 15) is 4.79 Å². The van der Waals surface area contributed by atoms with E-state index in [0.717, 1.165) is 23.4 Å². The highest BCUT2D eigenvalue weighted by molar-refractivity contribution is 6.42. The average Bonchev–Trinajstić information content (AvgIpc) is 2.56. The molecule has 1 N–H and O–H groups in total. The van der Waals surface area contributed by atoms with Gasteiger partial charge in [0, 0.05) is 13.1 Å². The van der Waals surface area contributed by atoms with E-state index in [1.54, 1.807) is 18.2 Å². The van der Waals surface area contributed by atoms with Gasteiger partial charge in [-0.1, -0.05) is 41.4 Å². The number of halogens is 2. The van der Waals surface area contributed by atoms with Crippen LogP contribution in [0.15, 0.2) is 42.5 Å². The summed E-state index contributed by atoms with van der Waals surface area (Å²) in [6.45, 7) is 1.93. The molecule has 2 rings (SSSR count). The number of benzene rings is 2. The first-order valence-corrected chi connectivity index (χ1v) is 8.77. The summed E-state index contributed by atoms with van der Waals surface area (Å²) in [4.78, 5) is 14.2. The minimum absolute atomic E-state index is 0.0719. The molecule has 0 unspecified atom stereocenters. The predicted octanol–water partition coefficient (Wildman–Crippen LogP) is 3.79. The quantitative estimate of drug-likeness (QED) is 0.757. The molecule has 1 amide bonds. The van der Waals surface area contributed by atoms with Crippen LogP contribution in [0.25, 0.3) is 0 Å². The number of carbonyl (C=O) groups excluding carboxylic acids is 1. The molecule has 4 nitrogen and oxygen atoms in total. The van der Waals surface area contributed by atoms with Crippen molar-refractivity contribution in [2.24, 2.45) is 0 Å². The zero-order valence-electron chi connectivity index (χ0n) is 14.4. The minimum Gasteiger partial charge on any atom is -0.492 e. The lowest BCUT2D eigenvalue weighted by molar-refractivity contribution is -0.120. The number of likely N-dealkylation sites (N-methyl/N-ethyl adjacent to an activating group) is 1. The highest BCUT2D eigenvalue weighted by Gasteiger charge is 2.06. The molecular weight excluding hydrogens is 359 g/mol. The summed E-state index contributed by atoms with van der Waals surface area (Å²) < 4.78 is 5.70. The smallest absolute Gasteiger partial charge is 0.224 e. The summed E-state index contributed by atoms with van der Waals surface area (Å²) in [6, 6.07) is 12.9. The van der Waals surface area contributed by atoms with Crippen LogP contribution < -0.4 is 10.1 Å². The lowest BCUT2D eigenvalue weighted by Crippen LogP contribution is -2.24. The van der Waals surface area contributed by atoms with E-state index in [2.05, 4.69) is 10.2 Å². The third-order valence-electron chi connectivity index (χ3n) is 3.54. The second-order valence-electron chi connectivity index (χ2n) is 6.00. The Morgan fingerprint density at radius 3 is 2.60 bits per heavy atom. The Kier molecular flexibility index (Phi) is 7.56. The second-order valence-corrected chi connectivity index (χ2v) is 6.82. The molecular formula is C19H22Cl2N2O2. The maximum Gasteiger partial charge on any atom is 0.224 e. The topological polar surface area (TPSA) is 41.6 Å². The Morgan fingerprint density at radius 1 is 1.08 bits per heavy atom. The number of hydrogen-bond donors (Lipinski definition) is 1. The Balaban J connectivity index is 1.83. The molecule has 0 aliphatic rings. The van der Waals surface area contributed by atoms with Crippen LogP contribution >= 0.6 is 23.2 Å². The molecule has 0 aliphatic carbocycles. The second kappa shape index (κ2) is 9.66. The normalized spacial score (nSPS) is 10.8. The molecule has 2 aromatic rings. The first-order valence-electron chi connectivity index (χ1n) is 8.01. The van der Waals surface area contributed by atoms with Crippen molar-refractivity contribution in [2.45, 2.75) is 13.0 Å². The monoisotopic (exact) mass is 380 g/mol. The first-order chi connectivity index (χ1) is 11.9. The first kappa shape index (κ1) is 19.6. The summed E-state index contributed by atoms with van der Waals surface area (Å²) in [5.41, 5.74) is 1.82. The highest BCUT2D eigenvalue weighted by atomic mass is 35.5. The largest absolute Gasteiger partial charge is 0.492 e. The molecule has 134 valence electrons. The molecule has 0 heterocycles. The van der Waals surface area contributed by atoms with Gasteiger partial charge in [0.25, 0.3) is 0 Å². The van der Waals surface area contributed by atoms with Gasteiger partial charge in [-0.15, -0.1) is 0 Å². The molecule has 0 bridgehead atoms. The average molecular weight is 381 g/mol. The van der Waals surface area contributed by atoms with E-state index in [1.165, 1.54) is 0 Å². The fourth-order valence-corrected chi connectivity index (χ4v) is 2.51. The number of ether oxygens (including phenoxy) is 1. The van der Waals surface area contributed by atoms with Crippen molar-refractivity contribution in [3.8, 4) is 5.75 Å². The van der Waals surface area contributed by atoms with Crippen molar-refractivity contribution < 1.29 is 9.53 Å². The van der Waals surface area contributed by atoms with Gasteiger partial charge in [-0.2, -0.15) is 0 Å². The maximum atomic E-state index is 12.1. The molecule has 6 heteroatoms. The van der Waals surface area contributed by atoms with Gasteiger partial charge in [0.1, 0.15) is 12.4 Å². The van der Waals surface area contributed by atoms with Crippen molar-refractivity contribution in [1.82, 2.24) is 10.2 Å². The zero-order chi connectivity index (χ0) is 18.2. The number of amides is 1. The highest BCUT2D eigenvalue weighted by Crippen LogP contribution is 2.22. The van der Waals surface area contributed by atoms with Crippen LogP contribution in [0, 0.1) is 0 Å². The van der Waals surface area contributed by atoms with Gasteiger partial charge in [0.15, 0.2) is 0 Å². The molecule has 0 aromatic heterocycles. The van der Waals surface area contributed by atoms with Crippen LogP contribution in [0.3, 0.4) is 0 Å². The molecule has 0 fully saturated rings. The third kappa shape index (κ3) is 6.94. The van der Waals surface area contributed by atoms with E-state index in [0.29, 0.717) is 23.2 Å². The lowest BCUT2D eigenvalue weighted by Gasteiger charge is -2.12. The fourth-order valence-electron chi connectivity index (χ4n) is 2.19. The Labute approximate surface area is 158 Å². The standard InChI is InChI=1S/C19H22Cl2N2O2/c1-23(2)8-9-25-16-5-3-4-15(10-16)13-22-19(24)12-14-6-7-17(20)18(21)11-14/h3-7,10-11H,8-9,12-13H2,1-2H3,(H,22,24). The minimum atomic E-state index is -0.0719. The van der Waals surface area contributed by atoms with Crippen molar-refractivity contribution >= 4 is 29.1 Å². The van der Waals surface area contributed by atoms with Crippen LogP contribution in [-0.2, 0) is 17.8 Å². The molecule has 2 aromatic carbocycles. The molecule has 0 radical (unpaired) electrons. The Hall–Kier alpha value is -1.75. The van der Waals surface area contributed by atoms with Crippen LogP contribution in [0.5, 0.6) is 5.75 Å². The van der Waals surface area contributed by atoms with Crippen LogP contribution in [-0.4, -0.2) is 38.1 Å². The van der Waals surface area contributed by atoms with Crippen molar-refractivity contribution in [2.75, 3.05) is 27.2 Å². The van der Waals surface area contributed by atoms with Gasteiger partial charge < -0.3 is 15.0 Å². The van der Waals surface area contributed by atoms with Crippen LogP contribution in [0.2, 0.25) is 10.0 Å². The molecule has 25 heavy (non-hydrogen) atoms. The van der Waals surface area contributed by atoms with Crippen molar-refractivity contribution in [3.63, 3.8) is 0 Å². The van der Waals surface area contributed by atoms with E-state index >= 15 is 0 Å². The van der Waals surface area contributed by atoms with Gasteiger partial charge in [-0.3, -0.25) is 4.79 Å². The van der Waals surface area contributed by atoms with Gasteiger partial charge in [-0.25, -0.2) is 0 Å². The predicted molar refractivity (Wildman–Crippen MR) is 103 cm³/mol. The molecule has 0 spiro atoms. The summed E-state index contributed by atoms with van der Waals surface area (Å²) in [7, 11) is 4.01. The van der Waals surface area contributed by atoms with Crippen LogP contribution in [0.1, 0.15) is 11.1 Å². The lowest BCUT2D eigenvalue weighted by atomic mass is 10.1. The molecule has 0 aliphatic heterocycles. The Bertz CT molecular complexity index is 720. The van der Waals surface area contributed by atoms with E-state index < -0.39 is 0 Å². The number of hydrogen-bond acceptors (Lipinski definition) is 3. The number of carbonyl (C=O) groups is 1. The third-order valence-corrected chi connectivity index (χ3v) is 4.28. The summed E-state index contributed by atoms with van der Waals surface area (Å²) >= 11 is 11.8. The summed E-state index contributed by atoms with van der Waals surface area (Å²) in [5, 5.41) is 3.84. The Morgan fingerprint density at radius 2 is 1.88 bits per heavy atom. The van der Waals surface area contributed by atoms with Crippen molar-refractivity contribution in [1.29, 1.82) is 0 Å². The fraction of sp³-hybridized carbons (Fsp3) is 0.316. The van der Waals surface area contributed by atoms with E-state index in [-0.39, 0.29) is 12.3 Å². The van der Waals surface area contributed by atoms with Crippen molar-refractivity contribution in [3.05, 3.63) is 63.6 Å². The SMILES string of the molecule is CN(C)CCOc1cccc(CNC(=O)Cc2ccc(Cl)c(Cl)c2)c1. The van der Waals surface area contributed by atoms with Gasteiger partial charge in [0.2, 0.25) is 5.91 Å². The summed E-state index contributed by atoms with van der Waals surface area (Å²) in [6.07, 6.45) is 0.260. The summed E-state index contributed by atoms with van der Waals surface area (Å²) in [5.74, 6) is 0.732. The maximum absolute atomic E-state index is 12.1. The van der Waals surface area contributed by atoms with E-state index in [4.69, 9.17) is 27.9 Å². The molecule has 0 atom stereocenters. The van der Waals surface area contributed by atoms with Crippen LogP contribution in [0.4, 0.5) is 0 Å². The number of rotatable bonds is 8. The molecule has 0 saturated heterocycles. The number of nitrogens with one attached hydrogen (secondary N) is 1. The van der Waals surface area contributed by atoms with Gasteiger partial charge in [0.05, 0.1) is 16.5 Å². The van der Waals surface area contributed by atoms with Gasteiger partial charge in [-0.05, 0) is 49.5 Å².